The highest BCUT2D eigenvalue weighted by Gasteiger charge is 2.10. The zero-order valence-corrected chi connectivity index (χ0v) is 12.4. The lowest BCUT2D eigenvalue weighted by atomic mass is 10.2. The lowest BCUT2D eigenvalue weighted by Gasteiger charge is -2.18. The molecular weight excluding hydrogens is 291 g/mol. The van der Waals surface area contributed by atoms with Crippen LogP contribution < -0.4 is 5.32 Å². The largest absolute Gasteiger partial charge is 0.334 e. The molecule has 0 saturated heterocycles. The Morgan fingerprint density at radius 3 is 2.52 bits per heavy atom. The summed E-state index contributed by atoms with van der Waals surface area (Å²) < 4.78 is 12.8. The predicted molar refractivity (Wildman–Crippen MR) is 81.6 cm³/mol. The van der Waals surface area contributed by atoms with Crippen LogP contribution in [-0.2, 0) is 13.1 Å². The summed E-state index contributed by atoms with van der Waals surface area (Å²) >= 11 is 6.07. The molecule has 3 nitrogen and oxygen atoms in total. The van der Waals surface area contributed by atoms with Gasteiger partial charge in [-0.05, 0) is 29.3 Å². The van der Waals surface area contributed by atoms with Crippen LogP contribution >= 0.6 is 11.6 Å². The van der Waals surface area contributed by atoms with Gasteiger partial charge in [-0.1, -0.05) is 41.9 Å². The zero-order chi connectivity index (χ0) is 15.2. The number of hydrogen-bond acceptors (Lipinski definition) is 1. The number of halogens is 2. The first-order valence-corrected chi connectivity index (χ1v) is 6.91. The molecule has 0 aliphatic rings. The highest BCUT2D eigenvalue weighted by Crippen LogP contribution is 2.16. The van der Waals surface area contributed by atoms with E-state index in [1.165, 1.54) is 12.1 Å². The first-order chi connectivity index (χ1) is 10.1. The number of carbonyl (C=O) groups is 1. The second-order valence-corrected chi connectivity index (χ2v) is 5.14. The van der Waals surface area contributed by atoms with E-state index >= 15 is 0 Å². The number of amides is 2. The number of rotatable bonds is 4. The molecule has 0 aliphatic heterocycles. The van der Waals surface area contributed by atoms with Crippen LogP contribution in [0.5, 0.6) is 0 Å². The Hall–Kier alpha value is -2.07. The SMILES string of the molecule is CN(Cc1ccccc1Cl)C(=O)NCc1ccc(F)cc1. The smallest absolute Gasteiger partial charge is 0.317 e. The number of nitrogens with one attached hydrogen (secondary N) is 1. The maximum atomic E-state index is 12.8. The third-order valence-electron chi connectivity index (χ3n) is 3.07. The summed E-state index contributed by atoms with van der Waals surface area (Å²) in [4.78, 5) is 13.5. The molecule has 21 heavy (non-hydrogen) atoms. The first kappa shape index (κ1) is 15.3. The van der Waals surface area contributed by atoms with Crippen LogP contribution in [0.1, 0.15) is 11.1 Å². The van der Waals surface area contributed by atoms with Crippen molar-refractivity contribution in [3.8, 4) is 0 Å². The van der Waals surface area contributed by atoms with Crippen LogP contribution in [0.3, 0.4) is 0 Å². The minimum absolute atomic E-state index is 0.209. The van der Waals surface area contributed by atoms with Gasteiger partial charge in [0.1, 0.15) is 5.82 Å². The minimum atomic E-state index is -0.291. The number of urea groups is 1. The van der Waals surface area contributed by atoms with Gasteiger partial charge in [-0.25, -0.2) is 9.18 Å². The van der Waals surface area contributed by atoms with Crippen molar-refractivity contribution < 1.29 is 9.18 Å². The molecule has 0 fully saturated rings. The zero-order valence-electron chi connectivity index (χ0n) is 11.6. The van der Waals surface area contributed by atoms with Gasteiger partial charge in [0, 0.05) is 25.2 Å². The molecule has 1 N–H and O–H groups in total. The van der Waals surface area contributed by atoms with Crippen molar-refractivity contribution in [2.45, 2.75) is 13.1 Å². The molecule has 0 unspecified atom stereocenters. The number of nitrogens with zero attached hydrogens (tertiary/aromatic N) is 1. The molecular formula is C16H16ClFN2O. The molecule has 0 radical (unpaired) electrons. The van der Waals surface area contributed by atoms with Gasteiger partial charge in [-0.15, -0.1) is 0 Å². The Labute approximate surface area is 128 Å². The number of hydrogen-bond donors (Lipinski definition) is 1. The van der Waals surface area contributed by atoms with Crippen LogP contribution in [-0.4, -0.2) is 18.0 Å². The molecule has 2 amide bonds. The third kappa shape index (κ3) is 4.46. The summed E-state index contributed by atoms with van der Waals surface area (Å²) in [5.41, 5.74) is 1.73. The predicted octanol–water partition coefficient (Wildman–Crippen LogP) is 3.82. The Bertz CT molecular complexity index is 616. The van der Waals surface area contributed by atoms with Gasteiger partial charge in [0.05, 0.1) is 0 Å². The number of carbonyl (C=O) groups excluding carboxylic acids is 1. The molecule has 2 aromatic rings. The normalized spacial score (nSPS) is 10.2. The van der Waals surface area contributed by atoms with Crippen molar-refractivity contribution >= 4 is 17.6 Å². The van der Waals surface area contributed by atoms with Gasteiger partial charge in [0.15, 0.2) is 0 Å². The van der Waals surface area contributed by atoms with Crippen LogP contribution in [0.4, 0.5) is 9.18 Å². The number of benzene rings is 2. The van der Waals surface area contributed by atoms with Crippen LogP contribution in [0, 0.1) is 5.82 Å². The second kappa shape index (κ2) is 7.09. The van der Waals surface area contributed by atoms with E-state index in [2.05, 4.69) is 5.32 Å². The summed E-state index contributed by atoms with van der Waals surface area (Å²) in [5, 5.41) is 3.41. The quantitative estimate of drug-likeness (QED) is 0.915. The van der Waals surface area contributed by atoms with Crippen molar-refractivity contribution in [2.75, 3.05) is 7.05 Å². The highest BCUT2D eigenvalue weighted by atomic mass is 35.5. The molecule has 2 aromatic carbocycles. The minimum Gasteiger partial charge on any atom is -0.334 e. The topological polar surface area (TPSA) is 32.3 Å². The van der Waals surface area contributed by atoms with Gasteiger partial charge >= 0.3 is 6.03 Å². The molecule has 110 valence electrons. The molecule has 0 spiro atoms. The average molecular weight is 307 g/mol. The van der Waals surface area contributed by atoms with E-state index in [-0.39, 0.29) is 11.8 Å². The summed E-state index contributed by atoms with van der Waals surface area (Å²) in [6.07, 6.45) is 0. The Morgan fingerprint density at radius 2 is 1.86 bits per heavy atom. The van der Waals surface area contributed by atoms with E-state index in [1.54, 1.807) is 30.1 Å². The molecule has 2 rings (SSSR count). The molecule has 0 aliphatic carbocycles. The van der Waals surface area contributed by atoms with Gasteiger partial charge in [-0.3, -0.25) is 0 Å². The third-order valence-corrected chi connectivity index (χ3v) is 3.44. The van der Waals surface area contributed by atoms with E-state index in [0.717, 1.165) is 11.1 Å². The highest BCUT2D eigenvalue weighted by molar-refractivity contribution is 6.31. The fraction of sp³-hybridized carbons (Fsp3) is 0.188. The van der Waals surface area contributed by atoms with Crippen LogP contribution in [0.25, 0.3) is 0 Å². The van der Waals surface area contributed by atoms with Gasteiger partial charge < -0.3 is 10.2 Å². The molecule has 0 heterocycles. The lowest BCUT2D eigenvalue weighted by molar-refractivity contribution is 0.206. The first-order valence-electron chi connectivity index (χ1n) is 6.53. The van der Waals surface area contributed by atoms with Crippen molar-refractivity contribution in [3.63, 3.8) is 0 Å². The van der Waals surface area contributed by atoms with E-state index in [4.69, 9.17) is 11.6 Å². The van der Waals surface area contributed by atoms with E-state index in [9.17, 15) is 9.18 Å². The molecule has 0 atom stereocenters. The molecule has 0 saturated carbocycles. The van der Waals surface area contributed by atoms with Crippen molar-refractivity contribution in [3.05, 3.63) is 70.5 Å². The van der Waals surface area contributed by atoms with Gasteiger partial charge in [0.25, 0.3) is 0 Å². The maximum Gasteiger partial charge on any atom is 0.317 e. The standard InChI is InChI=1S/C16H16ClFN2O/c1-20(11-13-4-2-3-5-15(13)17)16(21)19-10-12-6-8-14(18)9-7-12/h2-9H,10-11H2,1H3,(H,19,21). The van der Waals surface area contributed by atoms with E-state index in [1.807, 2.05) is 18.2 Å². The average Bonchev–Trinajstić information content (AvgIpc) is 2.48. The molecule has 5 heteroatoms. The summed E-state index contributed by atoms with van der Waals surface area (Å²) in [7, 11) is 1.70. The van der Waals surface area contributed by atoms with E-state index < -0.39 is 0 Å². The fourth-order valence-electron chi connectivity index (χ4n) is 1.87. The van der Waals surface area contributed by atoms with E-state index in [0.29, 0.717) is 18.1 Å². The lowest BCUT2D eigenvalue weighted by Crippen LogP contribution is -2.36. The summed E-state index contributed by atoms with van der Waals surface area (Å²) in [6, 6.07) is 13.2. The fourth-order valence-corrected chi connectivity index (χ4v) is 2.06. The summed E-state index contributed by atoms with van der Waals surface area (Å²) in [6.45, 7) is 0.779. The van der Waals surface area contributed by atoms with Crippen LogP contribution in [0.15, 0.2) is 48.5 Å². The van der Waals surface area contributed by atoms with Crippen molar-refractivity contribution in [2.24, 2.45) is 0 Å². The summed E-state index contributed by atoms with van der Waals surface area (Å²) in [5.74, 6) is -0.291. The maximum absolute atomic E-state index is 12.8. The van der Waals surface area contributed by atoms with Gasteiger partial charge in [-0.2, -0.15) is 0 Å². The Balaban J connectivity index is 1.88. The second-order valence-electron chi connectivity index (χ2n) is 4.73. The Kier molecular flexibility index (Phi) is 5.17. The Morgan fingerprint density at radius 1 is 1.19 bits per heavy atom. The van der Waals surface area contributed by atoms with Gasteiger partial charge in [0.2, 0.25) is 0 Å². The van der Waals surface area contributed by atoms with Crippen molar-refractivity contribution in [1.29, 1.82) is 0 Å². The van der Waals surface area contributed by atoms with Crippen molar-refractivity contribution in [1.82, 2.24) is 10.2 Å². The monoisotopic (exact) mass is 306 g/mol. The van der Waals surface area contributed by atoms with Crippen LogP contribution in [0.2, 0.25) is 5.02 Å². The molecule has 0 aromatic heterocycles. The molecule has 0 bridgehead atoms.